The van der Waals surface area contributed by atoms with Crippen molar-refractivity contribution in [3.8, 4) is 22.8 Å². The number of nitrogens with one attached hydrogen (secondary N) is 1. The molecule has 34 heavy (non-hydrogen) atoms. The third-order valence-corrected chi connectivity index (χ3v) is 7.66. The largest absolute Gasteiger partial charge is 0.497 e. The number of aromatic nitrogens is 1. The number of ether oxygens (including phenoxy) is 2. The Morgan fingerprint density at radius 1 is 1.09 bits per heavy atom. The van der Waals surface area contributed by atoms with Gasteiger partial charge in [-0.25, -0.2) is 13.4 Å². The summed E-state index contributed by atoms with van der Waals surface area (Å²) in [4.78, 5) is 4.83. The van der Waals surface area contributed by atoms with Crippen LogP contribution < -0.4 is 14.9 Å². The second-order valence-corrected chi connectivity index (χ2v) is 10.2. The Morgan fingerprint density at radius 3 is 2.53 bits per heavy atom. The minimum atomic E-state index is -3.56. The standard InChI is InChI=1S/C24H30N4O4S2/c1-5-12-28(13-6-2)34(29,30)21-9-7-8-18(14-21)22-17-33-24(26-22)27-25-16-19-10-11-20(31-3)15-23(19)32-4/h7-11,14-17H,5-6,12-13H2,1-4H3,(H,26,27)/b25-16+. The predicted octanol–water partition coefficient (Wildman–Crippen LogP) is 5.08. The number of hydrogen-bond acceptors (Lipinski definition) is 8. The molecule has 3 rings (SSSR count). The van der Waals surface area contributed by atoms with E-state index in [-0.39, 0.29) is 4.90 Å². The van der Waals surface area contributed by atoms with Crippen molar-refractivity contribution in [3.63, 3.8) is 0 Å². The van der Waals surface area contributed by atoms with Crippen LogP contribution in [-0.4, -0.2) is 51.2 Å². The van der Waals surface area contributed by atoms with Crippen LogP contribution in [0.3, 0.4) is 0 Å². The van der Waals surface area contributed by atoms with E-state index in [1.54, 1.807) is 49.0 Å². The van der Waals surface area contributed by atoms with E-state index in [0.29, 0.717) is 35.4 Å². The van der Waals surface area contributed by atoms with E-state index in [0.717, 1.165) is 24.0 Å². The number of benzene rings is 2. The molecule has 0 atom stereocenters. The van der Waals surface area contributed by atoms with Gasteiger partial charge in [0.15, 0.2) is 0 Å². The molecule has 0 saturated heterocycles. The Labute approximate surface area is 205 Å². The van der Waals surface area contributed by atoms with Crippen LogP contribution in [0, 0.1) is 0 Å². The lowest BCUT2D eigenvalue weighted by molar-refractivity contribution is 0.394. The zero-order valence-corrected chi connectivity index (χ0v) is 21.4. The Balaban J connectivity index is 1.76. The zero-order valence-electron chi connectivity index (χ0n) is 19.8. The molecule has 0 aliphatic carbocycles. The monoisotopic (exact) mass is 502 g/mol. The fraction of sp³-hybridized carbons (Fsp3) is 0.333. The summed E-state index contributed by atoms with van der Waals surface area (Å²) in [5, 5.41) is 6.71. The first-order valence-electron chi connectivity index (χ1n) is 11.0. The van der Waals surface area contributed by atoms with Crippen molar-refractivity contribution < 1.29 is 17.9 Å². The van der Waals surface area contributed by atoms with Gasteiger partial charge in [0.25, 0.3) is 0 Å². The summed E-state index contributed by atoms with van der Waals surface area (Å²) < 4.78 is 38.4. The Bertz CT molecular complexity index is 1220. The first-order valence-corrected chi connectivity index (χ1v) is 13.3. The molecule has 0 amide bonds. The van der Waals surface area contributed by atoms with Gasteiger partial charge in [0.1, 0.15) is 11.5 Å². The van der Waals surface area contributed by atoms with Gasteiger partial charge < -0.3 is 9.47 Å². The summed E-state index contributed by atoms with van der Waals surface area (Å²) in [6, 6.07) is 12.4. The summed E-state index contributed by atoms with van der Waals surface area (Å²) in [6.45, 7) is 4.96. The summed E-state index contributed by atoms with van der Waals surface area (Å²) in [5.41, 5.74) is 5.12. The number of rotatable bonds is 12. The lowest BCUT2D eigenvalue weighted by Crippen LogP contribution is -2.32. The Morgan fingerprint density at radius 2 is 1.85 bits per heavy atom. The number of sulfonamides is 1. The normalized spacial score (nSPS) is 11.8. The molecule has 0 aliphatic heterocycles. The summed E-state index contributed by atoms with van der Waals surface area (Å²) in [6.07, 6.45) is 3.18. The van der Waals surface area contributed by atoms with Crippen molar-refractivity contribution in [2.24, 2.45) is 5.10 Å². The zero-order chi connectivity index (χ0) is 24.6. The van der Waals surface area contributed by atoms with Crippen molar-refractivity contribution in [1.82, 2.24) is 9.29 Å². The van der Waals surface area contributed by atoms with E-state index in [4.69, 9.17) is 9.47 Å². The van der Waals surface area contributed by atoms with E-state index in [1.165, 1.54) is 11.3 Å². The highest BCUT2D eigenvalue weighted by Crippen LogP contribution is 2.28. The van der Waals surface area contributed by atoms with Crippen LogP contribution in [0.15, 0.2) is 57.8 Å². The lowest BCUT2D eigenvalue weighted by atomic mass is 10.2. The van der Waals surface area contributed by atoms with Gasteiger partial charge in [-0.15, -0.1) is 11.3 Å². The molecule has 0 spiro atoms. The van der Waals surface area contributed by atoms with Gasteiger partial charge in [-0.2, -0.15) is 9.41 Å². The molecule has 182 valence electrons. The van der Waals surface area contributed by atoms with Gasteiger partial charge in [-0.1, -0.05) is 26.0 Å². The smallest absolute Gasteiger partial charge is 0.243 e. The van der Waals surface area contributed by atoms with Crippen molar-refractivity contribution in [2.75, 3.05) is 32.7 Å². The lowest BCUT2D eigenvalue weighted by Gasteiger charge is -2.21. The maximum Gasteiger partial charge on any atom is 0.243 e. The minimum Gasteiger partial charge on any atom is -0.497 e. The second-order valence-electron chi connectivity index (χ2n) is 7.45. The molecule has 2 aromatic carbocycles. The molecule has 0 saturated carbocycles. The summed E-state index contributed by atoms with van der Waals surface area (Å²) in [5.74, 6) is 1.34. The number of thiazole rings is 1. The number of hydrogen-bond donors (Lipinski definition) is 1. The summed E-state index contributed by atoms with van der Waals surface area (Å²) >= 11 is 1.38. The Hall–Kier alpha value is -2.95. The first kappa shape index (κ1) is 25.7. The fourth-order valence-electron chi connectivity index (χ4n) is 3.36. The molecule has 0 radical (unpaired) electrons. The molecule has 1 aromatic heterocycles. The highest BCUT2D eigenvalue weighted by molar-refractivity contribution is 7.89. The van der Waals surface area contributed by atoms with E-state index in [1.807, 2.05) is 37.4 Å². The number of methoxy groups -OCH3 is 2. The molecule has 3 aromatic rings. The first-order chi connectivity index (χ1) is 16.4. The number of nitrogens with zero attached hydrogens (tertiary/aromatic N) is 3. The van der Waals surface area contributed by atoms with Gasteiger partial charge in [0.05, 0.1) is 31.0 Å². The number of anilines is 1. The Kier molecular flexibility index (Phi) is 9.03. The van der Waals surface area contributed by atoms with Crippen LogP contribution in [0.25, 0.3) is 11.3 Å². The topological polar surface area (TPSA) is 93.1 Å². The third kappa shape index (κ3) is 6.13. The molecule has 0 unspecified atom stereocenters. The van der Waals surface area contributed by atoms with Crippen LogP contribution in [0.5, 0.6) is 11.5 Å². The van der Waals surface area contributed by atoms with Crippen LogP contribution in [0.4, 0.5) is 5.13 Å². The third-order valence-electron chi connectivity index (χ3n) is 5.02. The molecule has 1 heterocycles. The SMILES string of the molecule is CCCN(CCC)S(=O)(=O)c1cccc(-c2csc(N/N=C/c3ccc(OC)cc3OC)n2)c1. The molecule has 0 aliphatic rings. The van der Waals surface area contributed by atoms with Crippen LogP contribution >= 0.6 is 11.3 Å². The van der Waals surface area contributed by atoms with Crippen LogP contribution in [0.1, 0.15) is 32.3 Å². The van der Waals surface area contributed by atoms with Crippen molar-refractivity contribution in [3.05, 3.63) is 53.4 Å². The van der Waals surface area contributed by atoms with Gasteiger partial charge in [0, 0.05) is 35.7 Å². The maximum atomic E-state index is 13.1. The quantitative estimate of drug-likeness (QED) is 0.274. The van der Waals surface area contributed by atoms with Crippen molar-refractivity contribution >= 4 is 32.7 Å². The van der Waals surface area contributed by atoms with Crippen LogP contribution in [-0.2, 0) is 10.0 Å². The molecule has 8 nitrogen and oxygen atoms in total. The second kappa shape index (κ2) is 12.0. The average molecular weight is 503 g/mol. The van der Waals surface area contributed by atoms with Gasteiger partial charge in [0.2, 0.25) is 15.2 Å². The van der Waals surface area contributed by atoms with E-state index < -0.39 is 10.0 Å². The number of hydrazone groups is 1. The van der Waals surface area contributed by atoms with E-state index in [2.05, 4.69) is 15.5 Å². The van der Waals surface area contributed by atoms with Crippen molar-refractivity contribution in [1.29, 1.82) is 0 Å². The van der Waals surface area contributed by atoms with Gasteiger partial charge in [-0.05, 0) is 37.1 Å². The molecule has 0 bridgehead atoms. The van der Waals surface area contributed by atoms with Crippen molar-refractivity contribution in [2.45, 2.75) is 31.6 Å². The molecule has 10 heteroatoms. The van der Waals surface area contributed by atoms with Gasteiger partial charge in [-0.3, -0.25) is 5.43 Å². The highest BCUT2D eigenvalue weighted by Gasteiger charge is 2.23. The maximum absolute atomic E-state index is 13.1. The van der Waals surface area contributed by atoms with Crippen LogP contribution in [0.2, 0.25) is 0 Å². The molecule has 0 fully saturated rings. The predicted molar refractivity (Wildman–Crippen MR) is 138 cm³/mol. The molecular weight excluding hydrogens is 472 g/mol. The fourth-order valence-corrected chi connectivity index (χ4v) is 5.69. The molecular formula is C24H30N4O4S2. The van der Waals surface area contributed by atoms with Gasteiger partial charge >= 0.3 is 0 Å². The van der Waals surface area contributed by atoms with E-state index >= 15 is 0 Å². The molecule has 1 N–H and O–H groups in total. The minimum absolute atomic E-state index is 0.277. The van der Waals surface area contributed by atoms with E-state index in [9.17, 15) is 8.42 Å². The highest BCUT2D eigenvalue weighted by atomic mass is 32.2. The average Bonchev–Trinajstić information content (AvgIpc) is 3.33. The summed E-state index contributed by atoms with van der Waals surface area (Å²) in [7, 11) is -0.370.